The Kier molecular flexibility index (Phi) is 5.22. The van der Waals surface area contributed by atoms with E-state index in [0.717, 1.165) is 32.5 Å². The lowest BCUT2D eigenvalue weighted by molar-refractivity contribution is 0.119. The summed E-state index contributed by atoms with van der Waals surface area (Å²) in [5.41, 5.74) is 0. The van der Waals surface area contributed by atoms with E-state index in [9.17, 15) is 5.11 Å². The molecule has 0 saturated carbocycles. The fourth-order valence-corrected chi connectivity index (χ4v) is 3.28. The van der Waals surface area contributed by atoms with Crippen molar-refractivity contribution in [3.63, 3.8) is 0 Å². The Bertz CT molecular complexity index is 225. The summed E-state index contributed by atoms with van der Waals surface area (Å²) in [4.78, 5) is 4.98. The first-order valence-electron chi connectivity index (χ1n) is 7.05. The van der Waals surface area contributed by atoms with Gasteiger partial charge in [-0.15, -0.1) is 0 Å². The highest BCUT2D eigenvalue weighted by Crippen LogP contribution is 2.23. The third-order valence-corrected chi connectivity index (χ3v) is 4.26. The lowest BCUT2D eigenvalue weighted by atomic mass is 10.2. The number of hydrogen-bond acceptors (Lipinski definition) is 4. The summed E-state index contributed by atoms with van der Waals surface area (Å²) in [6, 6.07) is 1.05. The van der Waals surface area contributed by atoms with Crippen molar-refractivity contribution in [2.45, 2.75) is 44.2 Å². The van der Waals surface area contributed by atoms with Crippen LogP contribution in [0.3, 0.4) is 0 Å². The fourth-order valence-electron chi connectivity index (χ4n) is 3.28. The third-order valence-electron chi connectivity index (χ3n) is 4.26. The lowest BCUT2D eigenvalue weighted by Crippen LogP contribution is -2.43. The Morgan fingerprint density at radius 2 is 1.65 bits per heavy atom. The molecule has 17 heavy (non-hydrogen) atoms. The molecule has 2 aliphatic heterocycles. The van der Waals surface area contributed by atoms with Gasteiger partial charge in [-0.25, -0.2) is 0 Å². The molecule has 100 valence electrons. The molecular weight excluding hydrogens is 216 g/mol. The van der Waals surface area contributed by atoms with Crippen molar-refractivity contribution in [3.05, 3.63) is 0 Å². The quantitative estimate of drug-likeness (QED) is 0.703. The Labute approximate surface area is 104 Å². The van der Waals surface area contributed by atoms with Gasteiger partial charge in [0.25, 0.3) is 0 Å². The topological polar surface area (TPSA) is 46.9 Å². The van der Waals surface area contributed by atoms with Crippen molar-refractivity contribution < 1.29 is 10.2 Å². The summed E-state index contributed by atoms with van der Waals surface area (Å²) in [6.07, 6.45) is 5.84. The minimum absolute atomic E-state index is 0.298. The molecule has 4 heteroatoms. The molecule has 0 aromatic rings. The molecule has 0 radical (unpaired) electrons. The van der Waals surface area contributed by atoms with E-state index in [-0.39, 0.29) is 0 Å². The molecule has 2 heterocycles. The number of nitrogens with zero attached hydrogens (tertiary/aromatic N) is 2. The molecule has 0 aromatic carbocycles. The maximum atomic E-state index is 9.33. The highest BCUT2D eigenvalue weighted by molar-refractivity contribution is 4.86. The summed E-state index contributed by atoms with van der Waals surface area (Å²) < 4.78 is 0. The monoisotopic (exact) mass is 242 g/mol. The van der Waals surface area contributed by atoms with Gasteiger partial charge in [-0.1, -0.05) is 0 Å². The van der Waals surface area contributed by atoms with Crippen LogP contribution in [0.15, 0.2) is 0 Å². The van der Waals surface area contributed by atoms with E-state index in [1.165, 1.54) is 25.8 Å². The second-order valence-corrected chi connectivity index (χ2v) is 5.38. The molecule has 2 unspecified atom stereocenters. The molecule has 2 fully saturated rings. The number of likely N-dealkylation sites (tertiary alicyclic amines) is 2. The molecule has 0 bridgehead atoms. The van der Waals surface area contributed by atoms with Gasteiger partial charge in [0.2, 0.25) is 0 Å². The van der Waals surface area contributed by atoms with Crippen molar-refractivity contribution in [1.82, 2.24) is 9.80 Å². The van der Waals surface area contributed by atoms with Crippen LogP contribution in [0.1, 0.15) is 32.1 Å². The van der Waals surface area contributed by atoms with Gasteiger partial charge in [-0.3, -0.25) is 9.80 Å². The van der Waals surface area contributed by atoms with E-state index >= 15 is 0 Å². The van der Waals surface area contributed by atoms with Crippen LogP contribution in [0.5, 0.6) is 0 Å². The summed E-state index contributed by atoms with van der Waals surface area (Å²) >= 11 is 0. The Hall–Kier alpha value is -0.160. The fraction of sp³-hybridized carbons (Fsp3) is 1.00. The average molecular weight is 242 g/mol. The van der Waals surface area contributed by atoms with Gasteiger partial charge in [0.05, 0.1) is 6.61 Å². The molecular formula is C13H26N2O2. The van der Waals surface area contributed by atoms with E-state index < -0.39 is 0 Å². The zero-order valence-electron chi connectivity index (χ0n) is 10.7. The first-order chi connectivity index (χ1) is 8.35. The van der Waals surface area contributed by atoms with E-state index in [1.54, 1.807) is 0 Å². The van der Waals surface area contributed by atoms with Crippen LogP contribution in [0.25, 0.3) is 0 Å². The van der Waals surface area contributed by atoms with Crippen LogP contribution in [0.2, 0.25) is 0 Å². The van der Waals surface area contributed by atoms with E-state index in [0.29, 0.717) is 25.3 Å². The standard InChI is InChI=1S/C13H26N2O2/c16-9-3-8-14-6-1-4-12(14)10-15-7-2-5-13(15)11-17/h12-13,16-17H,1-11H2. The first-order valence-corrected chi connectivity index (χ1v) is 7.05. The van der Waals surface area contributed by atoms with Crippen molar-refractivity contribution in [3.8, 4) is 0 Å². The number of rotatable bonds is 6. The van der Waals surface area contributed by atoms with Gasteiger partial charge >= 0.3 is 0 Å². The number of aliphatic hydroxyl groups excluding tert-OH is 2. The highest BCUT2D eigenvalue weighted by atomic mass is 16.3. The number of hydrogen-bond donors (Lipinski definition) is 2. The van der Waals surface area contributed by atoms with Gasteiger partial charge in [0.15, 0.2) is 0 Å². The van der Waals surface area contributed by atoms with Crippen LogP contribution in [-0.4, -0.2) is 71.5 Å². The Balaban J connectivity index is 1.80. The van der Waals surface area contributed by atoms with Crippen molar-refractivity contribution in [2.75, 3.05) is 39.4 Å². The van der Waals surface area contributed by atoms with E-state index in [2.05, 4.69) is 9.80 Å². The highest BCUT2D eigenvalue weighted by Gasteiger charge is 2.30. The molecule has 0 amide bonds. The van der Waals surface area contributed by atoms with Crippen molar-refractivity contribution in [2.24, 2.45) is 0 Å². The maximum absolute atomic E-state index is 9.33. The summed E-state index contributed by atoms with van der Waals surface area (Å²) in [5.74, 6) is 0. The zero-order valence-corrected chi connectivity index (χ0v) is 10.7. The summed E-state index contributed by atoms with van der Waals surface area (Å²) in [5, 5.41) is 18.2. The average Bonchev–Trinajstić information content (AvgIpc) is 2.96. The van der Waals surface area contributed by atoms with Gasteiger partial charge in [-0.2, -0.15) is 0 Å². The maximum Gasteiger partial charge on any atom is 0.0586 e. The minimum atomic E-state index is 0.298. The second kappa shape index (κ2) is 6.69. The van der Waals surface area contributed by atoms with Gasteiger partial charge in [-0.05, 0) is 45.2 Å². The molecule has 2 rings (SSSR count). The van der Waals surface area contributed by atoms with Gasteiger partial charge in [0.1, 0.15) is 0 Å². The molecule has 2 aliphatic rings. The minimum Gasteiger partial charge on any atom is -0.396 e. The molecule has 2 atom stereocenters. The van der Waals surface area contributed by atoms with Crippen LogP contribution in [0.4, 0.5) is 0 Å². The molecule has 0 aromatic heterocycles. The van der Waals surface area contributed by atoms with E-state index in [1.807, 2.05) is 0 Å². The molecule has 2 N–H and O–H groups in total. The number of aliphatic hydroxyl groups is 2. The zero-order chi connectivity index (χ0) is 12.1. The molecule has 4 nitrogen and oxygen atoms in total. The lowest BCUT2D eigenvalue weighted by Gasteiger charge is -2.31. The second-order valence-electron chi connectivity index (χ2n) is 5.38. The smallest absolute Gasteiger partial charge is 0.0586 e. The third kappa shape index (κ3) is 3.41. The summed E-state index contributed by atoms with van der Waals surface area (Å²) in [6.45, 7) is 5.07. The predicted molar refractivity (Wildman–Crippen MR) is 68.0 cm³/mol. The van der Waals surface area contributed by atoms with Gasteiger partial charge in [0, 0.05) is 31.8 Å². The molecule has 2 saturated heterocycles. The van der Waals surface area contributed by atoms with Crippen LogP contribution >= 0.6 is 0 Å². The molecule has 0 spiro atoms. The van der Waals surface area contributed by atoms with Crippen LogP contribution in [0, 0.1) is 0 Å². The predicted octanol–water partition coefficient (Wildman–Crippen LogP) is 0.290. The Morgan fingerprint density at radius 3 is 2.35 bits per heavy atom. The van der Waals surface area contributed by atoms with Crippen molar-refractivity contribution >= 4 is 0 Å². The SMILES string of the molecule is OCCCN1CCCC1CN1CCCC1CO. The van der Waals surface area contributed by atoms with Gasteiger partial charge < -0.3 is 10.2 Å². The molecule has 0 aliphatic carbocycles. The van der Waals surface area contributed by atoms with Crippen LogP contribution < -0.4 is 0 Å². The van der Waals surface area contributed by atoms with E-state index in [4.69, 9.17) is 5.11 Å². The summed E-state index contributed by atoms with van der Waals surface area (Å²) in [7, 11) is 0. The normalized spacial score (nSPS) is 31.4. The first kappa shape index (κ1) is 13.3. The van der Waals surface area contributed by atoms with Crippen LogP contribution in [-0.2, 0) is 0 Å². The largest absolute Gasteiger partial charge is 0.396 e. The van der Waals surface area contributed by atoms with Crippen molar-refractivity contribution in [1.29, 1.82) is 0 Å². The Morgan fingerprint density at radius 1 is 0.941 bits per heavy atom.